The fourth-order valence-corrected chi connectivity index (χ4v) is 3.64. The molecule has 92 valence electrons. The van der Waals surface area contributed by atoms with Crippen molar-refractivity contribution in [3.63, 3.8) is 0 Å². The van der Waals surface area contributed by atoms with Crippen LogP contribution in [0.15, 0.2) is 22.8 Å². The van der Waals surface area contributed by atoms with Crippen LogP contribution in [0.5, 0.6) is 0 Å². The standard InChI is InChI=1S/C14H19BrN2/c15-12-5-6-13(16-9-12)10-17-8-7-11-3-1-2-4-14(11)17/h5-6,9,11,14H,1-4,7-8,10H2. The molecule has 2 nitrogen and oxygen atoms in total. The zero-order valence-electron chi connectivity index (χ0n) is 10.1. The van der Waals surface area contributed by atoms with Crippen LogP contribution in [0.3, 0.4) is 0 Å². The molecule has 2 fully saturated rings. The first-order valence-corrected chi connectivity index (χ1v) is 7.47. The molecule has 0 amide bonds. The maximum Gasteiger partial charge on any atom is 0.0544 e. The summed E-state index contributed by atoms with van der Waals surface area (Å²) in [6.07, 6.45) is 9.04. The summed E-state index contributed by atoms with van der Waals surface area (Å²) in [5.74, 6) is 0.971. The van der Waals surface area contributed by atoms with E-state index < -0.39 is 0 Å². The highest BCUT2D eigenvalue weighted by molar-refractivity contribution is 9.10. The number of nitrogens with zero attached hydrogens (tertiary/aromatic N) is 2. The Morgan fingerprint density at radius 3 is 2.94 bits per heavy atom. The van der Waals surface area contributed by atoms with Crippen LogP contribution >= 0.6 is 15.9 Å². The molecule has 1 saturated heterocycles. The van der Waals surface area contributed by atoms with E-state index in [1.807, 2.05) is 6.20 Å². The van der Waals surface area contributed by atoms with Gasteiger partial charge in [0.15, 0.2) is 0 Å². The summed E-state index contributed by atoms with van der Waals surface area (Å²) >= 11 is 3.44. The van der Waals surface area contributed by atoms with Crippen LogP contribution in [0.1, 0.15) is 37.8 Å². The molecule has 0 spiro atoms. The number of likely N-dealkylation sites (tertiary alicyclic amines) is 1. The quantitative estimate of drug-likeness (QED) is 0.828. The molecule has 17 heavy (non-hydrogen) atoms. The summed E-state index contributed by atoms with van der Waals surface area (Å²) in [7, 11) is 0. The second-order valence-electron chi connectivity index (χ2n) is 5.34. The third-order valence-electron chi connectivity index (χ3n) is 4.28. The predicted octanol–water partition coefficient (Wildman–Crippen LogP) is 3.61. The van der Waals surface area contributed by atoms with Gasteiger partial charge in [0.05, 0.1) is 5.69 Å². The molecule has 2 atom stereocenters. The summed E-state index contributed by atoms with van der Waals surface area (Å²) in [6, 6.07) is 5.07. The molecule has 0 bridgehead atoms. The van der Waals surface area contributed by atoms with Crippen molar-refractivity contribution in [2.45, 2.75) is 44.7 Å². The number of hydrogen-bond acceptors (Lipinski definition) is 2. The molecular weight excluding hydrogens is 276 g/mol. The van der Waals surface area contributed by atoms with Gasteiger partial charge in [-0.1, -0.05) is 12.8 Å². The lowest BCUT2D eigenvalue weighted by Crippen LogP contribution is -2.34. The van der Waals surface area contributed by atoms with Crippen molar-refractivity contribution in [3.05, 3.63) is 28.5 Å². The first-order chi connectivity index (χ1) is 8.33. The SMILES string of the molecule is Brc1ccc(CN2CCC3CCCCC32)nc1. The van der Waals surface area contributed by atoms with Gasteiger partial charge < -0.3 is 0 Å². The van der Waals surface area contributed by atoms with Crippen molar-refractivity contribution in [2.75, 3.05) is 6.54 Å². The average molecular weight is 295 g/mol. The monoisotopic (exact) mass is 294 g/mol. The van der Waals surface area contributed by atoms with Crippen molar-refractivity contribution in [1.29, 1.82) is 0 Å². The van der Waals surface area contributed by atoms with Gasteiger partial charge in [-0.3, -0.25) is 9.88 Å². The largest absolute Gasteiger partial charge is 0.294 e. The summed E-state index contributed by atoms with van der Waals surface area (Å²) in [5.41, 5.74) is 1.21. The van der Waals surface area contributed by atoms with Crippen LogP contribution in [0, 0.1) is 5.92 Å². The Morgan fingerprint density at radius 2 is 2.12 bits per heavy atom. The zero-order valence-corrected chi connectivity index (χ0v) is 11.7. The molecular formula is C14H19BrN2. The summed E-state index contributed by atoms with van der Waals surface area (Å²) in [6.45, 7) is 2.31. The van der Waals surface area contributed by atoms with Gasteiger partial charge >= 0.3 is 0 Å². The smallest absolute Gasteiger partial charge is 0.0544 e. The van der Waals surface area contributed by atoms with E-state index in [1.165, 1.54) is 44.3 Å². The second-order valence-corrected chi connectivity index (χ2v) is 6.25. The van der Waals surface area contributed by atoms with Gasteiger partial charge in [-0.15, -0.1) is 0 Å². The third-order valence-corrected chi connectivity index (χ3v) is 4.75. The highest BCUT2D eigenvalue weighted by Crippen LogP contribution is 2.36. The minimum atomic E-state index is 0.842. The molecule has 1 aromatic heterocycles. The highest BCUT2D eigenvalue weighted by atomic mass is 79.9. The zero-order chi connectivity index (χ0) is 11.7. The van der Waals surface area contributed by atoms with Crippen LogP contribution in [0.25, 0.3) is 0 Å². The summed E-state index contributed by atoms with van der Waals surface area (Å²) in [4.78, 5) is 7.14. The van der Waals surface area contributed by atoms with Crippen LogP contribution in [-0.4, -0.2) is 22.5 Å². The minimum Gasteiger partial charge on any atom is -0.294 e. The molecule has 0 aromatic carbocycles. The van der Waals surface area contributed by atoms with Crippen LogP contribution in [0.4, 0.5) is 0 Å². The number of rotatable bonds is 2. The molecule has 0 radical (unpaired) electrons. The molecule has 1 aliphatic heterocycles. The fraction of sp³-hybridized carbons (Fsp3) is 0.643. The van der Waals surface area contributed by atoms with Gasteiger partial charge in [0.25, 0.3) is 0 Å². The molecule has 2 unspecified atom stereocenters. The van der Waals surface area contributed by atoms with Gasteiger partial charge in [-0.2, -0.15) is 0 Å². The third kappa shape index (κ3) is 2.55. The molecule has 1 saturated carbocycles. The van der Waals surface area contributed by atoms with Gasteiger partial charge in [-0.05, 0) is 59.8 Å². The van der Waals surface area contributed by atoms with Crippen LogP contribution in [0.2, 0.25) is 0 Å². The topological polar surface area (TPSA) is 16.1 Å². The Balaban J connectivity index is 1.67. The van der Waals surface area contributed by atoms with E-state index in [9.17, 15) is 0 Å². The highest BCUT2D eigenvalue weighted by Gasteiger charge is 2.35. The fourth-order valence-electron chi connectivity index (χ4n) is 3.41. The van der Waals surface area contributed by atoms with E-state index in [-0.39, 0.29) is 0 Å². The first kappa shape index (κ1) is 11.7. The van der Waals surface area contributed by atoms with Crippen molar-refractivity contribution >= 4 is 15.9 Å². The number of aromatic nitrogens is 1. The van der Waals surface area contributed by atoms with E-state index in [1.54, 1.807) is 0 Å². The lowest BCUT2D eigenvalue weighted by atomic mass is 9.85. The predicted molar refractivity (Wildman–Crippen MR) is 72.7 cm³/mol. The van der Waals surface area contributed by atoms with Gasteiger partial charge in [0, 0.05) is 23.3 Å². The van der Waals surface area contributed by atoms with Crippen molar-refractivity contribution in [3.8, 4) is 0 Å². The van der Waals surface area contributed by atoms with Crippen LogP contribution in [-0.2, 0) is 6.54 Å². The maximum atomic E-state index is 4.49. The van der Waals surface area contributed by atoms with Gasteiger partial charge in [0.1, 0.15) is 0 Å². The maximum absolute atomic E-state index is 4.49. The summed E-state index contributed by atoms with van der Waals surface area (Å²) in [5, 5.41) is 0. The Bertz CT molecular complexity index is 376. The lowest BCUT2D eigenvalue weighted by Gasteiger charge is -2.31. The molecule has 1 aliphatic carbocycles. The second kappa shape index (κ2) is 5.07. The van der Waals surface area contributed by atoms with Crippen LogP contribution < -0.4 is 0 Å². The van der Waals surface area contributed by atoms with Crippen molar-refractivity contribution in [1.82, 2.24) is 9.88 Å². The Labute approximate surface area is 112 Å². The number of pyridine rings is 1. The molecule has 2 aliphatic rings. The van der Waals surface area contributed by atoms with Crippen molar-refractivity contribution in [2.24, 2.45) is 5.92 Å². The molecule has 3 rings (SSSR count). The Morgan fingerprint density at radius 1 is 1.24 bits per heavy atom. The number of hydrogen-bond donors (Lipinski definition) is 0. The number of fused-ring (bicyclic) bond motifs is 1. The molecule has 0 N–H and O–H groups in total. The van der Waals surface area contributed by atoms with E-state index >= 15 is 0 Å². The van der Waals surface area contributed by atoms with E-state index in [4.69, 9.17) is 0 Å². The Hall–Kier alpha value is -0.410. The summed E-state index contributed by atoms with van der Waals surface area (Å²) < 4.78 is 1.07. The van der Waals surface area contributed by atoms with Crippen molar-refractivity contribution < 1.29 is 0 Å². The minimum absolute atomic E-state index is 0.842. The van der Waals surface area contributed by atoms with E-state index in [0.29, 0.717) is 0 Å². The average Bonchev–Trinajstić information content (AvgIpc) is 2.76. The Kier molecular flexibility index (Phi) is 3.48. The molecule has 2 heterocycles. The molecule has 1 aromatic rings. The van der Waals surface area contributed by atoms with E-state index in [2.05, 4.69) is 37.9 Å². The van der Waals surface area contributed by atoms with Gasteiger partial charge in [-0.25, -0.2) is 0 Å². The number of halogens is 1. The lowest BCUT2D eigenvalue weighted by molar-refractivity contribution is 0.174. The van der Waals surface area contributed by atoms with Gasteiger partial charge in [0.2, 0.25) is 0 Å². The first-order valence-electron chi connectivity index (χ1n) is 6.67. The molecule has 3 heteroatoms. The normalized spacial score (nSPS) is 29.2. The van der Waals surface area contributed by atoms with E-state index in [0.717, 1.165) is 23.0 Å².